The van der Waals surface area contributed by atoms with Crippen molar-refractivity contribution < 1.29 is 22.4 Å². The van der Waals surface area contributed by atoms with Crippen LogP contribution in [0.4, 0.5) is 23.2 Å². The largest absolute Gasteiger partial charge is 0.416 e. The average molecular weight is 551 g/mol. The number of pyridine rings is 1. The summed E-state index contributed by atoms with van der Waals surface area (Å²) in [4.78, 5) is 17.1. The van der Waals surface area contributed by atoms with Crippen LogP contribution in [0.5, 0.6) is 0 Å². The Bertz CT molecular complexity index is 1630. The molecule has 5 rings (SSSR count). The van der Waals surface area contributed by atoms with Crippen LogP contribution in [0, 0.1) is 24.6 Å². The Kier molecular flexibility index (Phi) is 7.56. The lowest BCUT2D eigenvalue weighted by Crippen LogP contribution is -2.44. The van der Waals surface area contributed by atoms with E-state index in [1.54, 1.807) is 24.4 Å². The molecule has 0 spiro atoms. The zero-order valence-corrected chi connectivity index (χ0v) is 21.9. The first-order valence-electron chi connectivity index (χ1n) is 12.6. The van der Waals surface area contributed by atoms with Gasteiger partial charge in [0.15, 0.2) is 11.5 Å². The van der Waals surface area contributed by atoms with Gasteiger partial charge in [-0.05, 0) is 67.4 Å². The molecule has 0 radical (unpaired) electrons. The van der Waals surface area contributed by atoms with Crippen molar-refractivity contribution in [1.82, 2.24) is 24.4 Å². The van der Waals surface area contributed by atoms with E-state index in [-0.39, 0.29) is 34.8 Å². The second kappa shape index (κ2) is 11.1. The van der Waals surface area contributed by atoms with Gasteiger partial charge in [-0.1, -0.05) is 18.1 Å². The molecule has 1 aliphatic rings. The molecular weight excluding hydrogens is 524 g/mol. The number of alkyl halides is 3. The van der Waals surface area contributed by atoms with Gasteiger partial charge < -0.3 is 10.2 Å². The summed E-state index contributed by atoms with van der Waals surface area (Å²) in [6.45, 7) is 4.97. The number of rotatable bonds is 4. The normalized spacial score (nSPS) is 14.7. The van der Waals surface area contributed by atoms with Crippen molar-refractivity contribution in [3.8, 4) is 11.8 Å². The van der Waals surface area contributed by atoms with Gasteiger partial charge in [0.25, 0.3) is 5.91 Å². The third-order valence-corrected chi connectivity index (χ3v) is 6.86. The van der Waals surface area contributed by atoms with E-state index in [1.165, 1.54) is 28.7 Å². The first-order valence-corrected chi connectivity index (χ1v) is 12.6. The molecule has 1 aliphatic heterocycles. The van der Waals surface area contributed by atoms with Crippen LogP contribution in [0.1, 0.15) is 38.4 Å². The molecule has 0 bridgehead atoms. The van der Waals surface area contributed by atoms with Crippen molar-refractivity contribution in [2.45, 2.75) is 19.6 Å². The fourth-order valence-corrected chi connectivity index (χ4v) is 4.50. The summed E-state index contributed by atoms with van der Waals surface area (Å²) in [5.41, 5.74) is 1.01. The number of carbonyl (C=O) groups excluding carboxylic acids is 1. The fraction of sp³-hybridized carbons (Fsp3) is 0.276. The number of carbonyl (C=O) groups is 1. The van der Waals surface area contributed by atoms with Crippen LogP contribution in [-0.4, -0.2) is 63.5 Å². The lowest BCUT2D eigenvalue weighted by molar-refractivity contribution is -0.138. The molecule has 0 aliphatic carbocycles. The predicted octanol–water partition coefficient (Wildman–Crippen LogP) is 4.60. The van der Waals surface area contributed by atoms with E-state index in [2.05, 4.69) is 32.3 Å². The number of hydrogen-bond acceptors (Lipinski definition) is 5. The van der Waals surface area contributed by atoms with Crippen molar-refractivity contribution in [1.29, 1.82) is 0 Å². The number of amides is 1. The molecule has 2 aromatic carbocycles. The van der Waals surface area contributed by atoms with Gasteiger partial charge in [0.05, 0.1) is 5.56 Å². The van der Waals surface area contributed by atoms with Crippen LogP contribution in [0.15, 0.2) is 54.7 Å². The first-order chi connectivity index (χ1) is 19.1. The number of anilines is 1. The molecule has 3 heterocycles. The summed E-state index contributed by atoms with van der Waals surface area (Å²) in [6.07, 6.45) is -2.98. The maximum absolute atomic E-state index is 13.9. The number of aryl methyl sites for hydroxylation is 1. The van der Waals surface area contributed by atoms with Crippen LogP contribution >= 0.6 is 0 Å². The number of halogens is 4. The Morgan fingerprint density at radius 3 is 2.55 bits per heavy atom. The van der Waals surface area contributed by atoms with E-state index in [9.17, 15) is 22.4 Å². The Labute approximate surface area is 228 Å². The summed E-state index contributed by atoms with van der Waals surface area (Å²) in [6, 6.07) is 11.5. The highest BCUT2D eigenvalue weighted by Gasteiger charge is 2.34. The monoisotopic (exact) mass is 550 g/mol. The Balaban J connectivity index is 1.35. The molecule has 0 atom stereocenters. The lowest BCUT2D eigenvalue weighted by atomic mass is 10.0. The number of hydrogen-bond donors (Lipinski definition) is 1. The Morgan fingerprint density at radius 2 is 1.80 bits per heavy atom. The first kappa shape index (κ1) is 27.3. The van der Waals surface area contributed by atoms with Gasteiger partial charge in [-0.15, -0.1) is 10.2 Å². The molecule has 206 valence electrons. The highest BCUT2D eigenvalue weighted by Crippen LogP contribution is 2.34. The maximum atomic E-state index is 13.9. The molecule has 1 amide bonds. The molecule has 0 saturated carbocycles. The van der Waals surface area contributed by atoms with Crippen LogP contribution < -0.4 is 5.32 Å². The summed E-state index contributed by atoms with van der Waals surface area (Å²) in [5.74, 6) is 4.90. The Hall–Kier alpha value is -4.27. The van der Waals surface area contributed by atoms with E-state index < -0.39 is 23.5 Å². The van der Waals surface area contributed by atoms with Crippen LogP contribution in [0.2, 0.25) is 0 Å². The van der Waals surface area contributed by atoms with Gasteiger partial charge in [0.2, 0.25) is 5.82 Å². The number of benzene rings is 2. The number of likely N-dealkylation sites (N-methyl/N-ethyl adjacent to an activating group) is 1. The molecule has 4 aromatic rings. The number of nitrogens with one attached hydrogen (secondary N) is 1. The molecule has 40 heavy (non-hydrogen) atoms. The van der Waals surface area contributed by atoms with E-state index in [1.807, 2.05) is 18.9 Å². The molecule has 7 nitrogen and oxygen atoms in total. The van der Waals surface area contributed by atoms with Crippen LogP contribution in [0.25, 0.3) is 5.65 Å². The maximum Gasteiger partial charge on any atom is 0.416 e. The van der Waals surface area contributed by atoms with Gasteiger partial charge in [-0.2, -0.15) is 13.2 Å². The van der Waals surface area contributed by atoms with Gasteiger partial charge in [-0.25, -0.2) is 4.39 Å². The number of fused-ring (bicyclic) bond motifs is 1. The third kappa shape index (κ3) is 5.98. The average Bonchev–Trinajstić information content (AvgIpc) is 3.34. The van der Waals surface area contributed by atoms with Gasteiger partial charge >= 0.3 is 6.18 Å². The number of nitrogens with zero attached hydrogens (tertiary/aromatic N) is 5. The van der Waals surface area contributed by atoms with Gasteiger partial charge in [-0.3, -0.25) is 14.1 Å². The van der Waals surface area contributed by atoms with Gasteiger partial charge in [0, 0.05) is 55.7 Å². The Morgan fingerprint density at radius 1 is 1.02 bits per heavy atom. The molecule has 2 aromatic heterocycles. The van der Waals surface area contributed by atoms with Crippen LogP contribution in [0.3, 0.4) is 0 Å². The summed E-state index contributed by atoms with van der Waals surface area (Å²) in [7, 11) is 1.99. The summed E-state index contributed by atoms with van der Waals surface area (Å²) < 4.78 is 57.1. The zero-order chi connectivity index (χ0) is 28.4. The number of aromatic nitrogens is 3. The van der Waals surface area contributed by atoms with E-state index in [4.69, 9.17) is 0 Å². The third-order valence-electron chi connectivity index (χ3n) is 6.86. The van der Waals surface area contributed by atoms with Crippen molar-refractivity contribution in [2.24, 2.45) is 0 Å². The lowest BCUT2D eigenvalue weighted by Gasteiger charge is -2.33. The van der Waals surface area contributed by atoms with Crippen molar-refractivity contribution in [2.75, 3.05) is 38.5 Å². The quantitative estimate of drug-likeness (QED) is 0.297. The number of piperazine rings is 1. The molecule has 11 heteroatoms. The van der Waals surface area contributed by atoms with Crippen molar-refractivity contribution >= 4 is 17.2 Å². The topological polar surface area (TPSA) is 65.8 Å². The summed E-state index contributed by atoms with van der Waals surface area (Å²) in [5, 5.41) is 10.3. The molecule has 1 N–H and O–H groups in total. The van der Waals surface area contributed by atoms with Crippen LogP contribution in [-0.2, 0) is 12.7 Å². The molecule has 1 fully saturated rings. The summed E-state index contributed by atoms with van der Waals surface area (Å²) >= 11 is 0. The smallest absolute Gasteiger partial charge is 0.322 e. The van der Waals surface area contributed by atoms with Crippen molar-refractivity contribution in [3.05, 3.63) is 94.2 Å². The van der Waals surface area contributed by atoms with E-state index >= 15 is 0 Å². The second-order valence-corrected chi connectivity index (χ2v) is 9.76. The minimum absolute atomic E-state index is 0.0458. The zero-order valence-electron chi connectivity index (χ0n) is 21.9. The fourth-order valence-electron chi connectivity index (χ4n) is 4.50. The molecular formula is C29H26F4N6O. The highest BCUT2D eigenvalue weighted by molar-refractivity contribution is 6.04. The minimum Gasteiger partial charge on any atom is -0.322 e. The molecule has 1 saturated heterocycles. The highest BCUT2D eigenvalue weighted by atomic mass is 19.4. The van der Waals surface area contributed by atoms with E-state index in [0.29, 0.717) is 18.7 Å². The SMILES string of the molecule is Cc1ccc(C(=O)Nc2ccc(CN3CCN(C)CC3)c(C(F)(F)F)c2)cc1C#Cc1nnc2c(F)cccn12. The van der Waals surface area contributed by atoms with Gasteiger partial charge in [0.1, 0.15) is 0 Å². The minimum atomic E-state index is -4.57. The standard InChI is InChI=1S/C29H26F4N6O/c1-19-5-6-21(16-20(19)8-10-26-35-36-27-25(30)4-3-11-39(26)27)28(40)34-23-9-7-22(24(17-23)29(31,32)33)18-38-14-12-37(2)13-15-38/h3-7,9,11,16-17H,12-15,18H2,1-2H3,(H,34,40). The van der Waals surface area contributed by atoms with E-state index in [0.717, 1.165) is 24.7 Å². The van der Waals surface area contributed by atoms with Crippen molar-refractivity contribution in [3.63, 3.8) is 0 Å². The molecule has 0 unspecified atom stereocenters. The predicted molar refractivity (Wildman–Crippen MR) is 142 cm³/mol. The second-order valence-electron chi connectivity index (χ2n) is 9.76.